The van der Waals surface area contributed by atoms with Gasteiger partial charge >= 0.3 is 12.0 Å². The normalized spacial score (nSPS) is 18.1. The average molecular weight is 297 g/mol. The van der Waals surface area contributed by atoms with Crippen molar-refractivity contribution in [2.45, 2.75) is 25.8 Å². The number of primary amides is 1. The van der Waals surface area contributed by atoms with Crippen LogP contribution in [0.1, 0.15) is 28.8 Å². The highest BCUT2D eigenvalue weighted by Crippen LogP contribution is 2.19. The Morgan fingerprint density at radius 3 is 2.90 bits per heavy atom. The maximum Gasteiger partial charge on any atom is 0.338 e. The molecule has 0 unspecified atom stereocenters. The third-order valence-electron chi connectivity index (χ3n) is 3.47. The van der Waals surface area contributed by atoms with E-state index < -0.39 is 12.0 Å². The van der Waals surface area contributed by atoms with Crippen LogP contribution in [-0.2, 0) is 4.74 Å². The highest BCUT2D eigenvalue weighted by atomic mass is 35.5. The van der Waals surface area contributed by atoms with Gasteiger partial charge in [0.2, 0.25) is 0 Å². The zero-order valence-electron chi connectivity index (χ0n) is 11.3. The molecule has 0 aliphatic carbocycles. The number of halogens is 1. The van der Waals surface area contributed by atoms with Crippen molar-refractivity contribution in [3.8, 4) is 0 Å². The Morgan fingerprint density at radius 1 is 1.50 bits per heavy atom. The second kappa shape index (κ2) is 6.13. The Labute approximate surface area is 122 Å². The van der Waals surface area contributed by atoms with Crippen molar-refractivity contribution in [2.24, 2.45) is 5.73 Å². The maximum atomic E-state index is 11.9. The van der Waals surface area contributed by atoms with Crippen molar-refractivity contribution in [1.82, 2.24) is 4.90 Å². The number of nitrogens with zero attached hydrogens (tertiary/aromatic N) is 1. The lowest BCUT2D eigenvalue weighted by Gasteiger charge is -2.22. The number of ether oxygens (including phenoxy) is 1. The van der Waals surface area contributed by atoms with Gasteiger partial charge in [-0.1, -0.05) is 17.7 Å². The van der Waals surface area contributed by atoms with Crippen molar-refractivity contribution in [3.05, 3.63) is 34.3 Å². The van der Waals surface area contributed by atoms with Gasteiger partial charge in [-0.2, -0.15) is 0 Å². The molecule has 1 heterocycles. The smallest absolute Gasteiger partial charge is 0.338 e. The maximum absolute atomic E-state index is 11.9. The van der Waals surface area contributed by atoms with Crippen LogP contribution < -0.4 is 5.73 Å². The summed E-state index contributed by atoms with van der Waals surface area (Å²) in [6.07, 6.45) is 1.67. The molecular weight excluding hydrogens is 280 g/mol. The molecule has 5 nitrogen and oxygen atoms in total. The molecule has 0 saturated carbocycles. The predicted octanol–water partition coefficient (Wildman–Crippen LogP) is 2.35. The summed E-state index contributed by atoms with van der Waals surface area (Å²) < 4.78 is 5.24. The molecular formula is C14H17ClN2O3. The fourth-order valence-corrected chi connectivity index (χ4v) is 2.45. The standard InChI is InChI=1S/C14H17ClN2O3/c1-9-4-5-10(7-12(9)15)13(18)20-8-11-3-2-6-17(11)14(16)19/h4-5,7,11H,2-3,6,8H2,1H3,(H2,16,19)/t11-/m0/s1. The third kappa shape index (κ3) is 3.22. The quantitative estimate of drug-likeness (QED) is 0.870. The van der Waals surface area contributed by atoms with Crippen LogP contribution >= 0.6 is 11.6 Å². The predicted molar refractivity (Wildman–Crippen MR) is 75.8 cm³/mol. The third-order valence-corrected chi connectivity index (χ3v) is 3.88. The summed E-state index contributed by atoms with van der Waals surface area (Å²) >= 11 is 5.97. The van der Waals surface area contributed by atoms with Crippen LogP contribution in [0.3, 0.4) is 0 Å². The Kier molecular flexibility index (Phi) is 4.49. The van der Waals surface area contributed by atoms with Gasteiger partial charge in [-0.3, -0.25) is 0 Å². The minimum absolute atomic E-state index is 0.127. The van der Waals surface area contributed by atoms with Crippen molar-refractivity contribution in [2.75, 3.05) is 13.2 Å². The van der Waals surface area contributed by atoms with Gasteiger partial charge in [-0.25, -0.2) is 9.59 Å². The van der Waals surface area contributed by atoms with E-state index in [1.54, 1.807) is 18.2 Å². The van der Waals surface area contributed by atoms with Crippen LogP contribution in [0.25, 0.3) is 0 Å². The Hall–Kier alpha value is -1.75. The number of carbonyl (C=O) groups is 2. The molecule has 1 aromatic carbocycles. The van der Waals surface area contributed by atoms with E-state index in [2.05, 4.69) is 0 Å². The molecule has 1 aliphatic rings. The lowest BCUT2D eigenvalue weighted by molar-refractivity contribution is 0.0422. The van der Waals surface area contributed by atoms with Gasteiger partial charge in [-0.05, 0) is 37.5 Å². The van der Waals surface area contributed by atoms with E-state index in [0.29, 0.717) is 17.1 Å². The molecule has 0 aromatic heterocycles. The fraction of sp³-hybridized carbons (Fsp3) is 0.429. The summed E-state index contributed by atoms with van der Waals surface area (Å²) in [6.45, 7) is 2.64. The Morgan fingerprint density at radius 2 is 2.25 bits per heavy atom. The second-order valence-corrected chi connectivity index (χ2v) is 5.30. The fourth-order valence-electron chi connectivity index (χ4n) is 2.27. The van der Waals surface area contributed by atoms with E-state index in [4.69, 9.17) is 22.1 Å². The molecule has 1 aliphatic heterocycles. The Balaban J connectivity index is 1.95. The monoisotopic (exact) mass is 296 g/mol. The molecule has 0 radical (unpaired) electrons. The first-order valence-electron chi connectivity index (χ1n) is 6.48. The topological polar surface area (TPSA) is 72.6 Å². The number of urea groups is 1. The number of likely N-dealkylation sites (tertiary alicyclic amines) is 1. The van der Waals surface area contributed by atoms with Gasteiger partial charge in [0.25, 0.3) is 0 Å². The minimum atomic E-state index is -0.470. The van der Waals surface area contributed by atoms with Gasteiger partial charge in [0.1, 0.15) is 6.61 Å². The molecule has 6 heteroatoms. The molecule has 0 spiro atoms. The largest absolute Gasteiger partial charge is 0.460 e. The Bertz CT molecular complexity index is 533. The SMILES string of the molecule is Cc1ccc(C(=O)OC[C@@H]2CCCN2C(N)=O)cc1Cl. The van der Waals surface area contributed by atoms with Crippen molar-refractivity contribution >= 4 is 23.6 Å². The summed E-state index contributed by atoms with van der Waals surface area (Å²) in [5, 5.41) is 0.527. The molecule has 20 heavy (non-hydrogen) atoms. The first kappa shape index (κ1) is 14.7. The molecule has 1 aromatic rings. The summed E-state index contributed by atoms with van der Waals surface area (Å²) in [4.78, 5) is 24.7. The van der Waals surface area contributed by atoms with Crippen LogP contribution in [0.2, 0.25) is 5.02 Å². The number of hydrogen-bond acceptors (Lipinski definition) is 3. The number of esters is 1. The number of amides is 2. The highest BCUT2D eigenvalue weighted by molar-refractivity contribution is 6.31. The molecule has 2 amide bonds. The zero-order chi connectivity index (χ0) is 14.7. The number of nitrogens with two attached hydrogens (primary N) is 1. The van der Waals surface area contributed by atoms with Crippen LogP contribution in [0.5, 0.6) is 0 Å². The number of rotatable bonds is 3. The summed E-state index contributed by atoms with van der Waals surface area (Å²) in [5.74, 6) is -0.441. The number of hydrogen-bond donors (Lipinski definition) is 1. The number of benzene rings is 1. The van der Waals surface area contributed by atoms with Gasteiger partial charge in [-0.15, -0.1) is 0 Å². The summed E-state index contributed by atoms with van der Waals surface area (Å²) in [6, 6.07) is 4.42. The minimum Gasteiger partial charge on any atom is -0.460 e. The first-order valence-corrected chi connectivity index (χ1v) is 6.86. The van der Waals surface area contributed by atoms with Crippen molar-refractivity contribution < 1.29 is 14.3 Å². The molecule has 2 rings (SSSR count). The molecule has 2 N–H and O–H groups in total. The van der Waals surface area contributed by atoms with Gasteiger partial charge in [0, 0.05) is 11.6 Å². The van der Waals surface area contributed by atoms with E-state index in [1.165, 1.54) is 4.90 Å². The van der Waals surface area contributed by atoms with Crippen molar-refractivity contribution in [1.29, 1.82) is 0 Å². The van der Waals surface area contributed by atoms with E-state index in [-0.39, 0.29) is 12.6 Å². The number of carbonyl (C=O) groups excluding carboxylic acids is 2. The molecule has 1 fully saturated rings. The molecule has 108 valence electrons. The van der Waals surface area contributed by atoms with Gasteiger partial charge < -0.3 is 15.4 Å². The number of aryl methyl sites for hydroxylation is 1. The molecule has 1 saturated heterocycles. The first-order chi connectivity index (χ1) is 9.49. The average Bonchev–Trinajstić information content (AvgIpc) is 2.87. The van der Waals surface area contributed by atoms with Crippen molar-refractivity contribution in [3.63, 3.8) is 0 Å². The van der Waals surface area contributed by atoms with E-state index >= 15 is 0 Å². The molecule has 1 atom stereocenters. The van der Waals surface area contributed by atoms with E-state index in [0.717, 1.165) is 18.4 Å². The zero-order valence-corrected chi connectivity index (χ0v) is 12.0. The van der Waals surface area contributed by atoms with Crippen LogP contribution in [0.15, 0.2) is 18.2 Å². The van der Waals surface area contributed by atoms with E-state index in [9.17, 15) is 9.59 Å². The van der Waals surface area contributed by atoms with Gasteiger partial charge in [0.05, 0.1) is 11.6 Å². The second-order valence-electron chi connectivity index (χ2n) is 4.89. The summed E-state index contributed by atoms with van der Waals surface area (Å²) in [7, 11) is 0. The lowest BCUT2D eigenvalue weighted by atomic mass is 10.1. The van der Waals surface area contributed by atoms with Crippen LogP contribution in [-0.4, -0.2) is 36.1 Å². The van der Waals surface area contributed by atoms with E-state index in [1.807, 2.05) is 6.92 Å². The highest BCUT2D eigenvalue weighted by Gasteiger charge is 2.28. The summed E-state index contributed by atoms with van der Waals surface area (Å²) in [5.41, 5.74) is 6.58. The molecule has 0 bridgehead atoms. The van der Waals surface area contributed by atoms with Crippen LogP contribution in [0, 0.1) is 6.92 Å². The lowest BCUT2D eigenvalue weighted by Crippen LogP contribution is -2.41. The van der Waals surface area contributed by atoms with Gasteiger partial charge in [0.15, 0.2) is 0 Å². The van der Waals surface area contributed by atoms with Crippen LogP contribution in [0.4, 0.5) is 4.79 Å².